The van der Waals surface area contributed by atoms with Gasteiger partial charge < -0.3 is 10.6 Å². The van der Waals surface area contributed by atoms with Crippen LogP contribution in [0.25, 0.3) is 22.0 Å². The van der Waals surface area contributed by atoms with Crippen LogP contribution < -0.4 is 10.6 Å². The molecule has 0 amide bonds. The van der Waals surface area contributed by atoms with Crippen molar-refractivity contribution in [1.29, 1.82) is 0 Å². The van der Waals surface area contributed by atoms with E-state index in [1.807, 2.05) is 6.20 Å². The van der Waals surface area contributed by atoms with Crippen LogP contribution in [0.3, 0.4) is 0 Å². The Hall–Kier alpha value is -2.39. The number of hydrogen-bond donors (Lipinski definition) is 1. The minimum absolute atomic E-state index is 0.328. The molecule has 0 aliphatic carbocycles. The standard InChI is InChI=1S/C22H25N3/c1-15-11-16(2)13-17(12-15)20-14-24-21-6-4-3-5-19(21)22(20)25-9-7-18(23)8-10-25/h3-6,11-14,18H,7-10,23H2,1-2H3. The summed E-state index contributed by atoms with van der Waals surface area (Å²) >= 11 is 0. The maximum absolute atomic E-state index is 6.14. The third-order valence-corrected chi connectivity index (χ3v) is 5.14. The average Bonchev–Trinajstić information content (AvgIpc) is 2.61. The highest BCUT2D eigenvalue weighted by molar-refractivity contribution is 6.00. The van der Waals surface area contributed by atoms with Crippen molar-refractivity contribution < 1.29 is 0 Å². The van der Waals surface area contributed by atoms with Crippen molar-refractivity contribution in [2.75, 3.05) is 18.0 Å². The van der Waals surface area contributed by atoms with Crippen molar-refractivity contribution in [3.05, 3.63) is 59.8 Å². The smallest absolute Gasteiger partial charge is 0.0723 e. The third kappa shape index (κ3) is 3.12. The largest absolute Gasteiger partial charge is 0.370 e. The molecule has 1 aliphatic rings. The molecule has 2 aromatic carbocycles. The lowest BCUT2D eigenvalue weighted by molar-refractivity contribution is 0.502. The van der Waals surface area contributed by atoms with E-state index in [2.05, 4.69) is 61.2 Å². The zero-order valence-corrected chi connectivity index (χ0v) is 15.0. The molecule has 0 unspecified atom stereocenters. The van der Waals surface area contributed by atoms with Gasteiger partial charge >= 0.3 is 0 Å². The number of nitrogens with zero attached hydrogens (tertiary/aromatic N) is 2. The fraction of sp³-hybridized carbons (Fsp3) is 0.318. The molecule has 2 heterocycles. The molecule has 1 aromatic heterocycles. The zero-order chi connectivity index (χ0) is 17.4. The Kier molecular flexibility index (Phi) is 4.18. The first-order valence-corrected chi connectivity index (χ1v) is 9.09. The van der Waals surface area contributed by atoms with E-state index in [9.17, 15) is 0 Å². The maximum Gasteiger partial charge on any atom is 0.0723 e. The predicted molar refractivity (Wildman–Crippen MR) is 106 cm³/mol. The van der Waals surface area contributed by atoms with Gasteiger partial charge in [0.15, 0.2) is 0 Å². The van der Waals surface area contributed by atoms with E-state index < -0.39 is 0 Å². The highest BCUT2D eigenvalue weighted by Gasteiger charge is 2.22. The van der Waals surface area contributed by atoms with Crippen molar-refractivity contribution in [2.24, 2.45) is 5.73 Å². The van der Waals surface area contributed by atoms with Crippen molar-refractivity contribution in [1.82, 2.24) is 4.98 Å². The highest BCUT2D eigenvalue weighted by atomic mass is 15.1. The molecule has 3 heteroatoms. The van der Waals surface area contributed by atoms with Crippen molar-refractivity contribution in [3.8, 4) is 11.1 Å². The van der Waals surface area contributed by atoms with E-state index >= 15 is 0 Å². The third-order valence-electron chi connectivity index (χ3n) is 5.14. The maximum atomic E-state index is 6.14. The lowest BCUT2D eigenvalue weighted by atomic mass is 9.96. The molecular formula is C22H25N3. The molecule has 1 saturated heterocycles. The van der Waals surface area contributed by atoms with Crippen LogP contribution in [0.4, 0.5) is 5.69 Å². The Labute approximate surface area is 149 Å². The molecule has 0 radical (unpaired) electrons. The van der Waals surface area contributed by atoms with Gasteiger partial charge in [0, 0.05) is 36.3 Å². The van der Waals surface area contributed by atoms with Gasteiger partial charge in [-0.05, 0) is 38.3 Å². The molecule has 3 aromatic rings. The van der Waals surface area contributed by atoms with Gasteiger partial charge in [0.1, 0.15) is 0 Å². The fourth-order valence-electron chi connectivity index (χ4n) is 3.93. The van der Waals surface area contributed by atoms with Gasteiger partial charge in [-0.3, -0.25) is 4.98 Å². The molecule has 1 aliphatic heterocycles. The van der Waals surface area contributed by atoms with Gasteiger partial charge in [0.05, 0.1) is 11.2 Å². The van der Waals surface area contributed by atoms with Crippen LogP contribution in [-0.4, -0.2) is 24.1 Å². The quantitative estimate of drug-likeness (QED) is 0.754. The van der Waals surface area contributed by atoms with Gasteiger partial charge in [-0.2, -0.15) is 0 Å². The number of benzene rings is 2. The summed E-state index contributed by atoms with van der Waals surface area (Å²) in [6, 6.07) is 15.5. The number of piperidine rings is 1. The van der Waals surface area contributed by atoms with Crippen molar-refractivity contribution in [2.45, 2.75) is 32.7 Å². The normalized spacial score (nSPS) is 15.7. The average molecular weight is 331 g/mol. The number of fused-ring (bicyclic) bond motifs is 1. The molecule has 0 saturated carbocycles. The number of aryl methyl sites for hydroxylation is 2. The van der Waals surface area contributed by atoms with E-state index in [1.165, 1.54) is 33.3 Å². The lowest BCUT2D eigenvalue weighted by Gasteiger charge is -2.34. The second-order valence-electron chi connectivity index (χ2n) is 7.24. The lowest BCUT2D eigenvalue weighted by Crippen LogP contribution is -2.40. The number of hydrogen-bond acceptors (Lipinski definition) is 3. The second-order valence-corrected chi connectivity index (χ2v) is 7.24. The van der Waals surface area contributed by atoms with E-state index in [0.717, 1.165) is 31.4 Å². The van der Waals surface area contributed by atoms with Crippen LogP contribution in [0, 0.1) is 13.8 Å². The Morgan fingerprint density at radius 2 is 1.68 bits per heavy atom. The van der Waals surface area contributed by atoms with Crippen molar-refractivity contribution >= 4 is 16.6 Å². The van der Waals surface area contributed by atoms with Gasteiger partial charge in [0.2, 0.25) is 0 Å². The topological polar surface area (TPSA) is 42.2 Å². The van der Waals surface area contributed by atoms with Gasteiger partial charge in [0.25, 0.3) is 0 Å². The first kappa shape index (κ1) is 16.1. The first-order valence-electron chi connectivity index (χ1n) is 9.09. The summed E-state index contributed by atoms with van der Waals surface area (Å²) in [5.74, 6) is 0. The van der Waals surface area contributed by atoms with Gasteiger partial charge in [-0.25, -0.2) is 0 Å². The Morgan fingerprint density at radius 1 is 1.00 bits per heavy atom. The van der Waals surface area contributed by atoms with E-state index in [1.54, 1.807) is 0 Å². The summed E-state index contributed by atoms with van der Waals surface area (Å²) in [5.41, 5.74) is 13.5. The number of anilines is 1. The van der Waals surface area contributed by atoms with Gasteiger partial charge in [-0.1, -0.05) is 47.5 Å². The van der Waals surface area contributed by atoms with E-state index in [0.29, 0.717) is 6.04 Å². The summed E-state index contributed by atoms with van der Waals surface area (Å²) in [6.45, 7) is 6.33. The molecule has 0 bridgehead atoms. The summed E-state index contributed by atoms with van der Waals surface area (Å²) in [7, 11) is 0. The molecule has 3 nitrogen and oxygen atoms in total. The van der Waals surface area contributed by atoms with Crippen LogP contribution in [0.15, 0.2) is 48.7 Å². The minimum Gasteiger partial charge on any atom is -0.370 e. The van der Waals surface area contributed by atoms with Crippen LogP contribution in [0.1, 0.15) is 24.0 Å². The molecule has 128 valence electrons. The molecule has 1 fully saturated rings. The monoisotopic (exact) mass is 331 g/mol. The second kappa shape index (κ2) is 6.49. The number of para-hydroxylation sites is 1. The molecule has 25 heavy (non-hydrogen) atoms. The first-order chi connectivity index (χ1) is 12.1. The summed E-state index contributed by atoms with van der Waals surface area (Å²) < 4.78 is 0. The summed E-state index contributed by atoms with van der Waals surface area (Å²) in [4.78, 5) is 7.24. The minimum atomic E-state index is 0.328. The fourth-order valence-corrected chi connectivity index (χ4v) is 3.93. The number of pyridine rings is 1. The number of nitrogens with two attached hydrogens (primary N) is 1. The predicted octanol–water partition coefficient (Wildman–Crippen LogP) is 4.45. The Balaban J connectivity index is 1.93. The van der Waals surface area contributed by atoms with Gasteiger partial charge in [-0.15, -0.1) is 0 Å². The molecular weight excluding hydrogens is 306 g/mol. The molecule has 4 rings (SSSR count). The van der Waals surface area contributed by atoms with Crippen LogP contribution in [0.5, 0.6) is 0 Å². The summed E-state index contributed by atoms with van der Waals surface area (Å²) in [6.07, 6.45) is 4.13. The SMILES string of the molecule is Cc1cc(C)cc(-c2cnc3ccccc3c2N2CCC(N)CC2)c1. The highest BCUT2D eigenvalue weighted by Crippen LogP contribution is 2.38. The van der Waals surface area contributed by atoms with Crippen molar-refractivity contribution in [3.63, 3.8) is 0 Å². The van der Waals surface area contributed by atoms with E-state index in [4.69, 9.17) is 10.7 Å². The Morgan fingerprint density at radius 3 is 2.40 bits per heavy atom. The van der Waals surface area contributed by atoms with Crippen LogP contribution in [0.2, 0.25) is 0 Å². The van der Waals surface area contributed by atoms with E-state index in [-0.39, 0.29) is 0 Å². The number of rotatable bonds is 2. The number of aromatic nitrogens is 1. The zero-order valence-electron chi connectivity index (χ0n) is 15.0. The summed E-state index contributed by atoms with van der Waals surface area (Å²) in [5, 5.41) is 1.23. The molecule has 0 atom stereocenters. The Bertz CT molecular complexity index is 888. The molecule has 0 spiro atoms. The molecule has 2 N–H and O–H groups in total. The van der Waals surface area contributed by atoms with Crippen LogP contribution in [-0.2, 0) is 0 Å². The van der Waals surface area contributed by atoms with Crippen LogP contribution >= 0.6 is 0 Å².